The number of benzene rings is 1. The van der Waals surface area contributed by atoms with E-state index in [0.29, 0.717) is 0 Å². The second kappa shape index (κ2) is 11.2. The Hall–Kier alpha value is -3.13. The topological polar surface area (TPSA) is 180 Å². The van der Waals surface area contributed by atoms with Crippen LogP contribution in [0.4, 0.5) is 10.2 Å². The van der Waals surface area contributed by atoms with Crippen LogP contribution in [-0.4, -0.2) is 67.8 Å². The summed E-state index contributed by atoms with van der Waals surface area (Å²) < 4.78 is 52.2. The van der Waals surface area contributed by atoms with Gasteiger partial charge in [0.2, 0.25) is 0 Å². The molecular formula is C24H31FN5O8P. The van der Waals surface area contributed by atoms with Crippen LogP contribution in [0, 0.1) is 5.82 Å². The van der Waals surface area contributed by atoms with Gasteiger partial charge in [-0.25, -0.2) is 18.9 Å². The van der Waals surface area contributed by atoms with Crippen LogP contribution >= 0.6 is 7.75 Å². The molecule has 15 heteroatoms. The molecule has 0 saturated carbocycles. The second-order valence-corrected chi connectivity index (χ2v) is 10.9. The Balaban J connectivity index is 1.66. The van der Waals surface area contributed by atoms with Crippen molar-refractivity contribution in [2.45, 2.75) is 63.4 Å². The highest BCUT2D eigenvalue weighted by molar-refractivity contribution is 7.52. The summed E-state index contributed by atoms with van der Waals surface area (Å²) in [5.74, 6) is -1.38. The minimum atomic E-state index is -4.32. The van der Waals surface area contributed by atoms with Crippen molar-refractivity contribution >= 4 is 30.6 Å². The maximum Gasteiger partial charge on any atom is 0.459 e. The maximum absolute atomic E-state index is 14.7. The van der Waals surface area contributed by atoms with Gasteiger partial charge in [0.05, 0.1) is 18.6 Å². The van der Waals surface area contributed by atoms with Gasteiger partial charge in [-0.05, 0) is 32.4 Å². The van der Waals surface area contributed by atoms with Gasteiger partial charge in [0.15, 0.2) is 17.7 Å². The summed E-state index contributed by atoms with van der Waals surface area (Å²) >= 11 is 0. The van der Waals surface area contributed by atoms with Crippen molar-refractivity contribution in [3.8, 4) is 5.75 Å². The summed E-state index contributed by atoms with van der Waals surface area (Å²) in [5, 5.41) is 24.9. The predicted molar refractivity (Wildman–Crippen MR) is 137 cm³/mol. The fraction of sp³-hybridized carbons (Fsp3) is 0.458. The normalized spacial score (nSPS) is 26.2. The van der Waals surface area contributed by atoms with E-state index in [1.165, 1.54) is 25.5 Å². The van der Waals surface area contributed by atoms with E-state index >= 15 is 0 Å². The summed E-state index contributed by atoms with van der Waals surface area (Å²) in [6.07, 6.45) is -3.02. The molecule has 212 valence electrons. The summed E-state index contributed by atoms with van der Waals surface area (Å²) in [6.45, 7) is 4.40. The fourth-order valence-electron chi connectivity index (χ4n) is 4.43. The third-order valence-electron chi connectivity index (χ3n) is 6.46. The van der Waals surface area contributed by atoms with Crippen molar-refractivity contribution in [2.75, 3.05) is 12.8 Å². The van der Waals surface area contributed by atoms with Gasteiger partial charge in [-0.1, -0.05) is 25.1 Å². The van der Waals surface area contributed by atoms with Gasteiger partial charge >= 0.3 is 13.7 Å². The van der Waals surface area contributed by atoms with Gasteiger partial charge < -0.3 is 29.9 Å². The third-order valence-corrected chi connectivity index (χ3v) is 8.16. The van der Waals surface area contributed by atoms with E-state index in [-0.39, 0.29) is 29.0 Å². The van der Waals surface area contributed by atoms with Gasteiger partial charge in [-0.3, -0.25) is 13.9 Å². The van der Waals surface area contributed by atoms with Crippen LogP contribution in [0.2, 0.25) is 0 Å². The van der Waals surface area contributed by atoms with Crippen LogP contribution in [0.5, 0.6) is 5.75 Å². The SMILES string of the molecule is CC[C@@H](OP(=O)(N[C@@H](C)C(=O)OC)Oc1ccccc1)[C@H]1O[C@@H](n2cc(F)c3c(N)ncnc32)[C@](C)(O)[C@@H]1O. The number of aromatic nitrogens is 3. The number of carbonyl (C=O) groups is 1. The van der Waals surface area contributed by atoms with Gasteiger partial charge in [-0.2, -0.15) is 5.09 Å². The van der Waals surface area contributed by atoms with E-state index in [4.69, 9.17) is 24.3 Å². The van der Waals surface area contributed by atoms with Crippen molar-refractivity contribution in [1.29, 1.82) is 0 Å². The van der Waals surface area contributed by atoms with Crippen molar-refractivity contribution in [3.63, 3.8) is 0 Å². The smallest absolute Gasteiger partial charge is 0.459 e. The third kappa shape index (κ3) is 5.62. The zero-order chi connectivity index (χ0) is 28.5. The Morgan fingerprint density at radius 1 is 1.36 bits per heavy atom. The van der Waals surface area contributed by atoms with Crippen LogP contribution in [0.3, 0.4) is 0 Å². The summed E-state index contributed by atoms with van der Waals surface area (Å²) in [4.78, 5) is 19.9. The molecule has 0 aliphatic carbocycles. The molecule has 2 aromatic heterocycles. The molecule has 13 nitrogen and oxygen atoms in total. The van der Waals surface area contributed by atoms with Crippen molar-refractivity contribution in [1.82, 2.24) is 19.6 Å². The van der Waals surface area contributed by atoms with Gasteiger partial charge in [0, 0.05) is 6.20 Å². The number of aliphatic hydroxyl groups excluding tert-OH is 1. The molecule has 1 saturated heterocycles. The highest BCUT2D eigenvalue weighted by Crippen LogP contribution is 2.50. The molecule has 1 fully saturated rings. The maximum atomic E-state index is 14.7. The number of esters is 1. The van der Waals surface area contributed by atoms with Crippen molar-refractivity contribution < 1.29 is 42.5 Å². The summed E-state index contributed by atoms with van der Waals surface area (Å²) in [6, 6.07) is 7.04. The van der Waals surface area contributed by atoms with Crippen LogP contribution in [0.25, 0.3) is 11.0 Å². The monoisotopic (exact) mass is 567 g/mol. The highest BCUT2D eigenvalue weighted by Gasteiger charge is 2.57. The van der Waals surface area contributed by atoms with E-state index in [1.54, 1.807) is 37.3 Å². The molecule has 7 atom stereocenters. The molecule has 0 bridgehead atoms. The molecule has 0 spiro atoms. The Labute approximate surface area is 223 Å². The van der Waals surface area contributed by atoms with Crippen LogP contribution < -0.4 is 15.3 Å². The minimum absolute atomic E-state index is 0.0405. The van der Waals surface area contributed by atoms with Crippen molar-refractivity contribution in [3.05, 3.63) is 48.7 Å². The Bertz CT molecular complexity index is 1370. The molecule has 1 unspecified atom stereocenters. The molecular weight excluding hydrogens is 536 g/mol. The van der Waals surface area contributed by atoms with Crippen LogP contribution in [-0.2, 0) is 23.4 Å². The first-order chi connectivity index (χ1) is 18.4. The summed E-state index contributed by atoms with van der Waals surface area (Å²) in [5.41, 5.74) is 3.87. The number of para-hydroxylation sites is 1. The number of nitrogens with zero attached hydrogens (tertiary/aromatic N) is 3. The lowest BCUT2D eigenvalue weighted by Gasteiger charge is -2.30. The minimum Gasteiger partial charge on any atom is -0.468 e. The molecule has 1 aliphatic rings. The quantitative estimate of drug-likeness (QED) is 0.208. The van der Waals surface area contributed by atoms with E-state index in [9.17, 15) is 24.0 Å². The molecule has 1 aromatic carbocycles. The number of nitrogen functional groups attached to an aromatic ring is 1. The van der Waals surface area contributed by atoms with Gasteiger partial charge in [0.1, 0.15) is 41.7 Å². The van der Waals surface area contributed by atoms with E-state index < -0.39 is 55.7 Å². The van der Waals surface area contributed by atoms with Crippen LogP contribution in [0.1, 0.15) is 33.4 Å². The zero-order valence-corrected chi connectivity index (χ0v) is 22.6. The molecule has 3 heterocycles. The standard InChI is InChI=1S/C24H31FN5O8P/c1-5-16(38-39(34,29-13(2)22(32)35-4)37-14-9-7-6-8-10-14)18-19(31)24(3,33)23(36-18)30-11-15(25)17-20(26)27-12-28-21(17)30/h6-13,16,18-19,23,31,33H,5H2,1-4H3,(H,29,34)(H2,26,27,28)/t13-,16+,18+,19+,23+,24+,39?/m0/s1. The lowest BCUT2D eigenvalue weighted by atomic mass is 9.93. The number of nitrogens with one attached hydrogen (secondary N) is 1. The lowest BCUT2D eigenvalue weighted by molar-refractivity contribution is -0.142. The number of hydrogen-bond donors (Lipinski definition) is 4. The number of fused-ring (bicyclic) bond motifs is 1. The molecule has 0 amide bonds. The first-order valence-corrected chi connectivity index (χ1v) is 13.7. The largest absolute Gasteiger partial charge is 0.468 e. The average Bonchev–Trinajstić information content (AvgIpc) is 3.35. The Kier molecular flexibility index (Phi) is 8.26. The number of nitrogens with two attached hydrogens (primary N) is 1. The van der Waals surface area contributed by atoms with Gasteiger partial charge in [-0.15, -0.1) is 0 Å². The Morgan fingerprint density at radius 2 is 2.05 bits per heavy atom. The number of carbonyl (C=O) groups excluding carboxylic acids is 1. The van der Waals surface area contributed by atoms with E-state index in [2.05, 4.69) is 15.1 Å². The van der Waals surface area contributed by atoms with Crippen molar-refractivity contribution in [2.24, 2.45) is 0 Å². The molecule has 4 rings (SSSR count). The molecule has 0 radical (unpaired) electrons. The number of methoxy groups -OCH3 is 1. The Morgan fingerprint density at radius 3 is 2.69 bits per heavy atom. The summed E-state index contributed by atoms with van der Waals surface area (Å²) in [7, 11) is -3.14. The zero-order valence-electron chi connectivity index (χ0n) is 21.7. The molecule has 39 heavy (non-hydrogen) atoms. The number of rotatable bonds is 10. The first-order valence-electron chi connectivity index (χ1n) is 12.1. The second-order valence-electron chi connectivity index (χ2n) is 9.29. The number of ether oxygens (including phenoxy) is 2. The number of aliphatic hydroxyl groups is 2. The number of anilines is 1. The first kappa shape index (κ1) is 28.9. The predicted octanol–water partition coefficient (Wildman–Crippen LogP) is 2.30. The molecule has 3 aromatic rings. The van der Waals surface area contributed by atoms with Crippen LogP contribution in [0.15, 0.2) is 42.9 Å². The van der Waals surface area contributed by atoms with E-state index in [0.717, 1.165) is 12.5 Å². The number of halogens is 1. The number of hydrogen-bond acceptors (Lipinski definition) is 11. The van der Waals surface area contributed by atoms with E-state index in [1.807, 2.05) is 0 Å². The average molecular weight is 568 g/mol. The van der Waals surface area contributed by atoms with Gasteiger partial charge in [0.25, 0.3) is 0 Å². The molecule has 5 N–H and O–H groups in total. The fourth-order valence-corrected chi connectivity index (χ4v) is 6.19. The lowest BCUT2D eigenvalue weighted by Crippen LogP contribution is -2.47. The highest BCUT2D eigenvalue weighted by atomic mass is 31.2. The molecule has 1 aliphatic heterocycles.